The second kappa shape index (κ2) is 2.74. The molecule has 0 spiro atoms. The summed E-state index contributed by atoms with van der Waals surface area (Å²) in [7, 11) is 0. The van der Waals surface area contributed by atoms with Crippen LogP contribution < -0.4 is 0 Å². The predicted octanol–water partition coefficient (Wildman–Crippen LogP) is 0.979. The van der Waals surface area contributed by atoms with Crippen LogP contribution in [0, 0.1) is 12.3 Å². The van der Waals surface area contributed by atoms with Crippen LogP contribution in [-0.2, 0) is 11.2 Å². The van der Waals surface area contributed by atoms with Gasteiger partial charge in [0.25, 0.3) is 0 Å². The Morgan fingerprint density at radius 2 is 2.50 bits per heavy atom. The van der Waals surface area contributed by atoms with Crippen LogP contribution in [0.15, 0.2) is 0 Å². The topological polar surface area (TPSA) is 23.1 Å². The first-order valence-electron chi connectivity index (χ1n) is 2.92. The second-order valence-electron chi connectivity index (χ2n) is 2.31. The van der Waals surface area contributed by atoms with E-state index < -0.39 is 11.2 Å². The van der Waals surface area contributed by atoms with Crippen LogP contribution in [0.25, 0.3) is 0 Å². The summed E-state index contributed by atoms with van der Waals surface area (Å²) in [5, 5.41) is 0. The van der Waals surface area contributed by atoms with Crippen LogP contribution in [0.5, 0.6) is 0 Å². The molecule has 2 unspecified atom stereocenters. The summed E-state index contributed by atoms with van der Waals surface area (Å²) in [6, 6.07) is 0. The van der Waals surface area contributed by atoms with Crippen LogP contribution in [0.1, 0.15) is 12.8 Å². The molecular formula is C6H11OS. The van der Waals surface area contributed by atoms with Gasteiger partial charge >= 0.3 is 0 Å². The first-order chi connectivity index (χ1) is 3.79. The summed E-state index contributed by atoms with van der Waals surface area (Å²) in [5.41, 5.74) is 0. The molecule has 0 aromatic rings. The van der Waals surface area contributed by atoms with Crippen molar-refractivity contribution in [1.29, 1.82) is 0 Å². The lowest BCUT2D eigenvalue weighted by molar-refractivity contribution is 0.467. The summed E-state index contributed by atoms with van der Waals surface area (Å²) < 4.78 is 10.5. The van der Waals surface area contributed by atoms with Crippen molar-refractivity contribution in [3.8, 4) is 0 Å². The zero-order chi connectivity index (χ0) is 5.98. The van der Waals surface area contributed by atoms with Crippen molar-refractivity contribution in [3.63, 3.8) is 0 Å². The Morgan fingerprint density at radius 3 is 2.62 bits per heavy atom. The third-order valence-corrected chi connectivity index (χ3v) is 2.38. The van der Waals surface area contributed by atoms with Gasteiger partial charge in [-0.1, -0.05) is 11.2 Å². The lowest BCUT2D eigenvalue weighted by Gasteiger charge is -2.23. The standard InChI is InChI=1S/C6H11OS/c1-8(7)5-6-3-2-4-6/h3,6H,2,4-5H2,1H3. The lowest BCUT2D eigenvalue weighted by Crippen LogP contribution is -2.21. The normalized spacial score (nSPS) is 24.8. The molecule has 0 N–H and O–H groups in total. The first-order valence-corrected chi connectivity index (χ1v) is 4.65. The minimum absolute atomic E-state index is 0.576. The van der Waals surface area contributed by atoms with E-state index in [4.69, 9.17) is 0 Å². The van der Waals surface area contributed by atoms with Gasteiger partial charge in [-0.15, -0.1) is 0 Å². The average molecular weight is 131 g/mol. The van der Waals surface area contributed by atoms with E-state index in [1.165, 1.54) is 12.8 Å². The smallest absolute Gasteiger partial charge is 0.108 e. The molecule has 47 valence electrons. The van der Waals surface area contributed by atoms with Crippen molar-refractivity contribution < 1.29 is 4.55 Å². The Labute approximate surface area is 53.7 Å². The van der Waals surface area contributed by atoms with E-state index in [-0.39, 0.29) is 0 Å². The molecule has 8 heavy (non-hydrogen) atoms. The fourth-order valence-corrected chi connectivity index (χ4v) is 1.76. The quantitative estimate of drug-likeness (QED) is 0.512. The van der Waals surface area contributed by atoms with E-state index >= 15 is 0 Å². The third kappa shape index (κ3) is 1.67. The van der Waals surface area contributed by atoms with Crippen LogP contribution >= 0.6 is 0 Å². The summed E-state index contributed by atoms with van der Waals surface area (Å²) in [6.07, 6.45) is 6.52. The first kappa shape index (κ1) is 6.43. The third-order valence-electron chi connectivity index (χ3n) is 1.49. The Morgan fingerprint density at radius 1 is 1.88 bits per heavy atom. The van der Waals surface area contributed by atoms with Crippen molar-refractivity contribution in [1.82, 2.24) is 0 Å². The van der Waals surface area contributed by atoms with E-state index in [1.54, 1.807) is 6.26 Å². The Balaban J connectivity index is 2.01. The molecule has 1 nitrogen and oxygen atoms in total. The van der Waals surface area contributed by atoms with Crippen molar-refractivity contribution in [2.45, 2.75) is 12.8 Å². The molecule has 0 amide bonds. The summed E-state index contributed by atoms with van der Waals surface area (Å²) in [6.45, 7) is 0. The molecule has 0 bridgehead atoms. The van der Waals surface area contributed by atoms with Crippen LogP contribution in [-0.4, -0.2) is 16.6 Å². The highest BCUT2D eigenvalue weighted by Gasteiger charge is 2.21. The van der Waals surface area contributed by atoms with Gasteiger partial charge < -0.3 is 4.55 Å². The van der Waals surface area contributed by atoms with Crippen LogP contribution in [0.4, 0.5) is 0 Å². The van der Waals surface area contributed by atoms with Gasteiger partial charge in [-0.25, -0.2) is 0 Å². The Bertz CT molecular complexity index is 68.9. The molecule has 0 saturated heterocycles. The highest BCUT2D eigenvalue weighted by atomic mass is 32.2. The van der Waals surface area contributed by atoms with Gasteiger partial charge in [0.2, 0.25) is 0 Å². The van der Waals surface area contributed by atoms with Crippen molar-refractivity contribution in [3.05, 3.63) is 6.42 Å². The summed E-state index contributed by atoms with van der Waals surface area (Å²) in [4.78, 5) is 0. The van der Waals surface area contributed by atoms with Gasteiger partial charge in [0.1, 0.15) is 5.75 Å². The van der Waals surface area contributed by atoms with Crippen LogP contribution in [0.2, 0.25) is 0 Å². The van der Waals surface area contributed by atoms with Gasteiger partial charge in [0.15, 0.2) is 0 Å². The molecule has 1 radical (unpaired) electrons. The molecule has 1 aliphatic rings. The predicted molar refractivity (Wildman–Crippen MR) is 36.0 cm³/mol. The van der Waals surface area contributed by atoms with Crippen molar-refractivity contribution >= 4 is 11.2 Å². The highest BCUT2D eigenvalue weighted by molar-refractivity contribution is 7.90. The maximum Gasteiger partial charge on any atom is 0.108 e. The molecule has 0 heterocycles. The van der Waals surface area contributed by atoms with E-state index in [9.17, 15) is 4.55 Å². The van der Waals surface area contributed by atoms with Gasteiger partial charge in [-0.3, -0.25) is 0 Å². The lowest BCUT2D eigenvalue weighted by atomic mass is 9.87. The van der Waals surface area contributed by atoms with Gasteiger partial charge in [0, 0.05) is 5.92 Å². The molecule has 0 aromatic heterocycles. The van der Waals surface area contributed by atoms with Gasteiger partial charge in [-0.05, 0) is 19.3 Å². The molecule has 1 rings (SSSR count). The molecule has 1 aliphatic carbocycles. The van der Waals surface area contributed by atoms with Crippen LogP contribution in [0.3, 0.4) is 0 Å². The monoisotopic (exact) mass is 131 g/mol. The van der Waals surface area contributed by atoms with Crippen molar-refractivity contribution in [2.24, 2.45) is 5.92 Å². The zero-order valence-corrected chi connectivity index (χ0v) is 5.91. The molecule has 1 saturated carbocycles. The fraction of sp³-hybridized carbons (Fsp3) is 0.833. The second-order valence-corrected chi connectivity index (χ2v) is 3.79. The fourth-order valence-electron chi connectivity index (χ4n) is 0.855. The number of hydrogen-bond acceptors (Lipinski definition) is 1. The largest absolute Gasteiger partial charge is 0.617 e. The van der Waals surface area contributed by atoms with Crippen molar-refractivity contribution in [2.75, 3.05) is 12.0 Å². The van der Waals surface area contributed by atoms with E-state index in [2.05, 4.69) is 6.42 Å². The zero-order valence-electron chi connectivity index (χ0n) is 5.09. The molecule has 2 atom stereocenters. The van der Waals surface area contributed by atoms with E-state index in [0.717, 1.165) is 5.75 Å². The average Bonchev–Trinajstić information content (AvgIpc) is 1.55. The SMILES string of the molecule is C[S+]([O-])CC1[CH]CC1. The minimum atomic E-state index is -0.576. The number of hydrogen-bond donors (Lipinski definition) is 0. The van der Waals surface area contributed by atoms with Gasteiger partial charge in [-0.2, -0.15) is 0 Å². The molecule has 0 aromatic carbocycles. The molecular weight excluding hydrogens is 120 g/mol. The number of rotatable bonds is 2. The summed E-state index contributed by atoms with van der Waals surface area (Å²) in [5.74, 6) is 1.57. The minimum Gasteiger partial charge on any atom is -0.617 e. The molecule has 2 heteroatoms. The highest BCUT2D eigenvalue weighted by Crippen LogP contribution is 2.25. The molecule has 1 fully saturated rings. The van der Waals surface area contributed by atoms with E-state index in [1.807, 2.05) is 0 Å². The maximum atomic E-state index is 10.5. The van der Waals surface area contributed by atoms with E-state index in [0.29, 0.717) is 5.92 Å². The van der Waals surface area contributed by atoms with Gasteiger partial charge in [0.05, 0.1) is 6.26 Å². The molecule has 0 aliphatic heterocycles. The summed E-state index contributed by atoms with van der Waals surface area (Å²) >= 11 is -0.576. The Kier molecular flexibility index (Phi) is 2.20. The maximum absolute atomic E-state index is 10.5. The Hall–Kier alpha value is 0.310.